The minimum Gasteiger partial charge on any atom is -0.464 e. The highest BCUT2D eigenvalue weighted by atomic mass is 16.6. The van der Waals surface area contributed by atoms with Crippen molar-refractivity contribution in [3.05, 3.63) is 0 Å². The second-order valence-electron chi connectivity index (χ2n) is 7.43. The predicted octanol–water partition coefficient (Wildman–Crippen LogP) is 0.384. The number of hydrogen-bond donors (Lipinski definition) is 2. The van der Waals surface area contributed by atoms with E-state index >= 15 is 0 Å². The number of nitrogens with zero attached hydrogens (tertiary/aromatic N) is 1. The van der Waals surface area contributed by atoms with Crippen molar-refractivity contribution in [3.8, 4) is 0 Å². The third-order valence-corrected chi connectivity index (χ3v) is 3.71. The Labute approximate surface area is 160 Å². The molecule has 0 aliphatic carbocycles. The fraction of sp³-hybridized carbons (Fsp3) is 0.778. The van der Waals surface area contributed by atoms with Gasteiger partial charge in [-0.1, -0.05) is 27.7 Å². The summed E-state index contributed by atoms with van der Waals surface area (Å²) in [4.78, 5) is 48.4. The van der Waals surface area contributed by atoms with Crippen molar-refractivity contribution in [2.45, 2.75) is 66.2 Å². The van der Waals surface area contributed by atoms with E-state index < -0.39 is 36.0 Å². The lowest BCUT2D eigenvalue weighted by atomic mass is 10.0. The highest BCUT2D eigenvalue weighted by Crippen LogP contribution is 2.25. The van der Waals surface area contributed by atoms with Crippen molar-refractivity contribution in [1.29, 1.82) is 0 Å². The van der Waals surface area contributed by atoms with Crippen LogP contribution in [0.2, 0.25) is 0 Å². The molecule has 1 heterocycles. The molecule has 0 saturated carbocycles. The number of rotatable bonds is 9. The van der Waals surface area contributed by atoms with E-state index in [0.717, 1.165) is 5.01 Å². The molecule has 0 aromatic heterocycles. The lowest BCUT2D eigenvalue weighted by molar-refractivity contribution is -0.146. The highest BCUT2D eigenvalue weighted by molar-refractivity contribution is 5.94. The first kappa shape index (κ1) is 22.9. The van der Waals surface area contributed by atoms with Crippen LogP contribution in [0.4, 0.5) is 0 Å². The Hall–Kier alpha value is -2.16. The van der Waals surface area contributed by atoms with Gasteiger partial charge in [-0.15, -0.1) is 0 Å². The maximum atomic E-state index is 12.7. The van der Waals surface area contributed by atoms with E-state index in [2.05, 4.69) is 10.7 Å². The average molecular weight is 385 g/mol. The van der Waals surface area contributed by atoms with Crippen LogP contribution in [0.5, 0.6) is 0 Å². The Morgan fingerprint density at radius 3 is 2.19 bits per heavy atom. The summed E-state index contributed by atoms with van der Waals surface area (Å²) in [6.07, 6.45) is -1.47. The molecule has 1 fully saturated rings. The maximum Gasteiger partial charge on any atom is 0.338 e. The number of nitrogens with one attached hydrogen (secondary N) is 2. The van der Waals surface area contributed by atoms with Crippen LogP contribution in [-0.2, 0) is 28.7 Å². The fourth-order valence-electron chi connectivity index (χ4n) is 2.57. The second kappa shape index (κ2) is 10.2. The largest absolute Gasteiger partial charge is 0.464 e. The van der Waals surface area contributed by atoms with E-state index in [9.17, 15) is 19.2 Å². The topological polar surface area (TPSA) is 117 Å². The molecule has 0 bridgehead atoms. The molecule has 0 radical (unpaired) electrons. The van der Waals surface area contributed by atoms with Crippen molar-refractivity contribution >= 4 is 23.7 Å². The third-order valence-electron chi connectivity index (χ3n) is 3.71. The molecule has 1 aliphatic heterocycles. The van der Waals surface area contributed by atoms with Gasteiger partial charge in [-0.25, -0.2) is 4.79 Å². The molecule has 0 aromatic rings. The summed E-state index contributed by atoms with van der Waals surface area (Å²) >= 11 is 0. The van der Waals surface area contributed by atoms with Crippen molar-refractivity contribution < 1.29 is 28.7 Å². The van der Waals surface area contributed by atoms with Crippen molar-refractivity contribution in [2.24, 2.45) is 11.8 Å². The van der Waals surface area contributed by atoms with Crippen molar-refractivity contribution in [1.82, 2.24) is 15.8 Å². The summed E-state index contributed by atoms with van der Waals surface area (Å²) in [5.41, 5.74) is 2.57. The number of ether oxygens (including phenoxy) is 2. The first-order valence-electron chi connectivity index (χ1n) is 9.27. The maximum absolute atomic E-state index is 12.7. The molecule has 0 aromatic carbocycles. The van der Waals surface area contributed by atoms with Gasteiger partial charge < -0.3 is 14.8 Å². The van der Waals surface area contributed by atoms with Crippen LogP contribution < -0.4 is 10.7 Å². The van der Waals surface area contributed by atoms with E-state index in [4.69, 9.17) is 9.47 Å². The minimum absolute atomic E-state index is 0.0679. The Morgan fingerprint density at radius 1 is 1.07 bits per heavy atom. The van der Waals surface area contributed by atoms with Gasteiger partial charge in [0.1, 0.15) is 6.04 Å². The van der Waals surface area contributed by atoms with E-state index in [-0.39, 0.29) is 30.9 Å². The smallest absolute Gasteiger partial charge is 0.338 e. The Balaban J connectivity index is 2.81. The first-order chi connectivity index (χ1) is 12.6. The van der Waals surface area contributed by atoms with Crippen molar-refractivity contribution in [2.75, 3.05) is 13.2 Å². The summed E-state index contributed by atoms with van der Waals surface area (Å²) in [7, 11) is 0. The SMILES string of the molecule is CCOC(=O)[C@H]1O[C@@H]1C(=O)N(CC(C)C)NC(=O)[C@H](CC(C)C)NC(C)=O. The Morgan fingerprint density at radius 2 is 1.70 bits per heavy atom. The van der Waals surface area contributed by atoms with Crippen molar-refractivity contribution in [3.63, 3.8) is 0 Å². The van der Waals surface area contributed by atoms with Gasteiger partial charge in [0.15, 0.2) is 12.2 Å². The third kappa shape index (κ3) is 7.54. The van der Waals surface area contributed by atoms with Crippen LogP contribution in [-0.4, -0.2) is 60.1 Å². The van der Waals surface area contributed by atoms with Crippen LogP contribution in [0.15, 0.2) is 0 Å². The van der Waals surface area contributed by atoms with Crippen LogP contribution in [0.1, 0.15) is 48.0 Å². The van der Waals surface area contributed by atoms with Crippen LogP contribution in [0.3, 0.4) is 0 Å². The number of hydrazine groups is 1. The van der Waals surface area contributed by atoms with Gasteiger partial charge in [-0.05, 0) is 25.2 Å². The molecule has 0 unspecified atom stereocenters. The van der Waals surface area contributed by atoms with Gasteiger partial charge in [-0.3, -0.25) is 24.8 Å². The zero-order chi connectivity index (χ0) is 20.7. The van der Waals surface area contributed by atoms with Gasteiger partial charge >= 0.3 is 5.97 Å². The molecule has 9 heteroatoms. The van der Waals surface area contributed by atoms with E-state index in [0.29, 0.717) is 6.42 Å². The number of carbonyl (C=O) groups is 4. The molecular weight excluding hydrogens is 354 g/mol. The molecule has 1 rings (SSSR count). The summed E-state index contributed by atoms with van der Waals surface area (Å²) in [5, 5.41) is 3.76. The predicted molar refractivity (Wildman–Crippen MR) is 97.0 cm³/mol. The van der Waals surface area contributed by atoms with Crippen LogP contribution in [0.25, 0.3) is 0 Å². The Kier molecular flexibility index (Phi) is 8.68. The highest BCUT2D eigenvalue weighted by Gasteiger charge is 2.53. The number of carbonyl (C=O) groups excluding carboxylic acids is 4. The van der Waals surface area contributed by atoms with Crippen LogP contribution >= 0.6 is 0 Å². The molecule has 154 valence electrons. The van der Waals surface area contributed by atoms with E-state index in [1.807, 2.05) is 27.7 Å². The van der Waals surface area contributed by atoms with Gasteiger partial charge in [0.25, 0.3) is 11.8 Å². The van der Waals surface area contributed by atoms with E-state index in [1.54, 1.807) is 6.92 Å². The summed E-state index contributed by atoms with van der Waals surface area (Å²) in [6.45, 7) is 11.1. The summed E-state index contributed by atoms with van der Waals surface area (Å²) in [5.74, 6) is -1.68. The zero-order valence-electron chi connectivity index (χ0n) is 16.9. The monoisotopic (exact) mass is 385 g/mol. The summed E-state index contributed by atoms with van der Waals surface area (Å²) in [6, 6.07) is -0.758. The molecule has 27 heavy (non-hydrogen) atoms. The molecule has 3 amide bonds. The number of amides is 3. The molecule has 3 atom stereocenters. The molecule has 0 spiro atoms. The molecule has 9 nitrogen and oxygen atoms in total. The minimum atomic E-state index is -0.965. The first-order valence-corrected chi connectivity index (χ1v) is 9.27. The lowest BCUT2D eigenvalue weighted by Gasteiger charge is -2.27. The zero-order valence-corrected chi connectivity index (χ0v) is 16.9. The number of hydrogen-bond acceptors (Lipinski definition) is 6. The molecule has 2 N–H and O–H groups in total. The van der Waals surface area contributed by atoms with Gasteiger partial charge in [0.2, 0.25) is 5.91 Å². The standard InChI is InChI=1S/C18H31N3O6/c1-7-26-18(25)15-14(27-15)17(24)21(9-11(4)5)20-16(23)13(8-10(2)3)19-12(6)22/h10-11,13-15H,7-9H2,1-6H3,(H,19,22)(H,20,23)/t13-,14-,15-/m0/s1. The Bertz CT molecular complexity index is 563. The molecule has 1 saturated heterocycles. The fourth-order valence-corrected chi connectivity index (χ4v) is 2.57. The lowest BCUT2D eigenvalue weighted by Crippen LogP contribution is -2.56. The van der Waals surface area contributed by atoms with Crippen LogP contribution in [0, 0.1) is 11.8 Å². The van der Waals surface area contributed by atoms with Gasteiger partial charge in [0.05, 0.1) is 6.61 Å². The quantitative estimate of drug-likeness (QED) is 0.337. The average Bonchev–Trinajstić information content (AvgIpc) is 3.32. The molecular formula is C18H31N3O6. The second-order valence-corrected chi connectivity index (χ2v) is 7.43. The van der Waals surface area contributed by atoms with E-state index in [1.165, 1.54) is 6.92 Å². The van der Waals surface area contributed by atoms with Gasteiger partial charge in [0, 0.05) is 13.5 Å². The van der Waals surface area contributed by atoms with Gasteiger partial charge in [-0.2, -0.15) is 0 Å². The summed E-state index contributed by atoms with van der Waals surface area (Å²) < 4.78 is 9.98. The number of epoxide rings is 1. The normalized spacial score (nSPS) is 19.4. The molecule has 1 aliphatic rings. The number of esters is 1.